The third-order valence-electron chi connectivity index (χ3n) is 6.40. The van der Waals surface area contributed by atoms with E-state index < -0.39 is 0 Å². The van der Waals surface area contributed by atoms with E-state index in [1.54, 1.807) is 0 Å². The topological polar surface area (TPSA) is 15.8 Å². The van der Waals surface area contributed by atoms with Crippen molar-refractivity contribution in [3.05, 3.63) is 107 Å². The lowest BCUT2D eigenvalue weighted by molar-refractivity contribution is 0.618. The van der Waals surface area contributed by atoms with E-state index in [9.17, 15) is 0 Å². The number of nitrogens with one attached hydrogen (secondary N) is 1. The number of rotatable bonds is 4. The minimum Gasteiger partial charge on any atom is -0.357 e. The van der Waals surface area contributed by atoms with E-state index in [2.05, 4.69) is 118 Å². The standard InChI is InChI=1S/C27H29N/c1-19-23-18-22(26(2,3)20-12-8-6-9-13-20)16-17-24(23)28-25(19)27(4,5)21-14-10-7-11-15-21/h6-18,28H,1-5H3. The number of benzene rings is 3. The maximum atomic E-state index is 3.72. The molecule has 0 bridgehead atoms. The summed E-state index contributed by atoms with van der Waals surface area (Å²) in [5, 5.41) is 1.32. The van der Waals surface area contributed by atoms with Crippen LogP contribution in [0.25, 0.3) is 10.9 Å². The van der Waals surface area contributed by atoms with Crippen LogP contribution in [0.5, 0.6) is 0 Å². The van der Waals surface area contributed by atoms with Gasteiger partial charge in [0.05, 0.1) is 0 Å². The van der Waals surface area contributed by atoms with Crippen LogP contribution < -0.4 is 0 Å². The van der Waals surface area contributed by atoms with Crippen LogP contribution in [0.1, 0.15) is 55.6 Å². The molecule has 0 radical (unpaired) electrons. The Hall–Kier alpha value is -2.80. The summed E-state index contributed by atoms with van der Waals surface area (Å²) in [7, 11) is 0. The van der Waals surface area contributed by atoms with E-state index in [1.165, 1.54) is 38.9 Å². The Bertz CT molecular complexity index is 1100. The molecule has 1 aromatic heterocycles. The fraction of sp³-hybridized carbons (Fsp3) is 0.259. The Morgan fingerprint density at radius 3 is 1.71 bits per heavy atom. The van der Waals surface area contributed by atoms with E-state index in [1.807, 2.05) is 0 Å². The summed E-state index contributed by atoms with van der Waals surface area (Å²) in [6.07, 6.45) is 0. The number of aryl methyl sites for hydroxylation is 1. The van der Waals surface area contributed by atoms with Crippen LogP contribution in [0.15, 0.2) is 78.9 Å². The van der Waals surface area contributed by atoms with E-state index >= 15 is 0 Å². The van der Waals surface area contributed by atoms with Crippen LogP contribution in [0.3, 0.4) is 0 Å². The first kappa shape index (κ1) is 18.6. The normalized spacial score (nSPS) is 12.5. The zero-order valence-electron chi connectivity index (χ0n) is 17.5. The Labute approximate surface area is 168 Å². The van der Waals surface area contributed by atoms with Crippen molar-refractivity contribution in [1.29, 1.82) is 0 Å². The lowest BCUT2D eigenvalue weighted by Crippen LogP contribution is -2.20. The van der Waals surface area contributed by atoms with Gasteiger partial charge in [0.15, 0.2) is 0 Å². The van der Waals surface area contributed by atoms with Gasteiger partial charge in [-0.15, -0.1) is 0 Å². The molecule has 142 valence electrons. The van der Waals surface area contributed by atoms with Gasteiger partial charge in [0, 0.05) is 27.4 Å². The average molecular weight is 368 g/mol. The van der Waals surface area contributed by atoms with Crippen LogP contribution >= 0.6 is 0 Å². The molecule has 0 spiro atoms. The molecule has 0 aliphatic rings. The molecular weight excluding hydrogens is 338 g/mol. The van der Waals surface area contributed by atoms with Crippen LogP contribution in [0, 0.1) is 6.92 Å². The highest BCUT2D eigenvalue weighted by Gasteiger charge is 2.29. The van der Waals surface area contributed by atoms with Gasteiger partial charge in [-0.3, -0.25) is 0 Å². The first-order valence-corrected chi connectivity index (χ1v) is 10.1. The van der Waals surface area contributed by atoms with Crippen LogP contribution in [-0.2, 0) is 10.8 Å². The van der Waals surface area contributed by atoms with Crippen molar-refractivity contribution >= 4 is 10.9 Å². The van der Waals surface area contributed by atoms with Crippen LogP contribution in [0.4, 0.5) is 0 Å². The van der Waals surface area contributed by atoms with Crippen molar-refractivity contribution in [2.45, 2.75) is 45.4 Å². The Morgan fingerprint density at radius 2 is 1.14 bits per heavy atom. The molecule has 0 saturated carbocycles. The van der Waals surface area contributed by atoms with Gasteiger partial charge in [0.25, 0.3) is 0 Å². The number of fused-ring (bicyclic) bond motifs is 1. The SMILES string of the molecule is Cc1c(C(C)(C)c2ccccc2)[nH]c2ccc(C(C)(C)c3ccccc3)cc12. The Morgan fingerprint density at radius 1 is 0.607 bits per heavy atom. The van der Waals surface area contributed by atoms with E-state index in [-0.39, 0.29) is 10.8 Å². The van der Waals surface area contributed by atoms with Gasteiger partial charge < -0.3 is 4.98 Å². The van der Waals surface area contributed by atoms with Crippen molar-refractivity contribution in [1.82, 2.24) is 4.98 Å². The van der Waals surface area contributed by atoms with Crippen LogP contribution in [-0.4, -0.2) is 4.98 Å². The molecule has 0 atom stereocenters. The van der Waals surface area contributed by atoms with Crippen molar-refractivity contribution in [2.75, 3.05) is 0 Å². The smallest absolute Gasteiger partial charge is 0.0459 e. The largest absolute Gasteiger partial charge is 0.357 e. The third kappa shape index (κ3) is 2.96. The molecule has 0 unspecified atom stereocenters. The second kappa shape index (κ2) is 6.67. The predicted octanol–water partition coefficient (Wildman–Crippen LogP) is 7.13. The molecule has 0 aliphatic heterocycles. The molecule has 4 aromatic rings. The van der Waals surface area contributed by atoms with Gasteiger partial charge in [-0.1, -0.05) is 94.4 Å². The highest BCUT2D eigenvalue weighted by atomic mass is 14.7. The summed E-state index contributed by atoms with van der Waals surface area (Å²) in [6, 6.07) is 28.4. The maximum absolute atomic E-state index is 3.72. The highest BCUT2D eigenvalue weighted by molar-refractivity contribution is 5.86. The molecular formula is C27H29N. The summed E-state index contributed by atoms with van der Waals surface area (Å²) in [5.74, 6) is 0. The molecule has 1 heterocycles. The fourth-order valence-electron chi connectivity index (χ4n) is 4.36. The average Bonchev–Trinajstić information content (AvgIpc) is 3.06. The number of hydrogen-bond donors (Lipinski definition) is 1. The second-order valence-electron chi connectivity index (χ2n) is 8.87. The number of aromatic nitrogens is 1. The summed E-state index contributed by atoms with van der Waals surface area (Å²) >= 11 is 0. The molecule has 0 fully saturated rings. The molecule has 1 N–H and O–H groups in total. The molecule has 28 heavy (non-hydrogen) atoms. The van der Waals surface area contributed by atoms with Gasteiger partial charge >= 0.3 is 0 Å². The number of H-pyrrole nitrogens is 1. The van der Waals surface area contributed by atoms with E-state index in [0.29, 0.717) is 0 Å². The van der Waals surface area contributed by atoms with Gasteiger partial charge in [0.1, 0.15) is 0 Å². The molecule has 0 saturated heterocycles. The van der Waals surface area contributed by atoms with Gasteiger partial charge in [-0.05, 0) is 41.3 Å². The monoisotopic (exact) mass is 367 g/mol. The van der Waals surface area contributed by atoms with Crippen molar-refractivity contribution in [3.8, 4) is 0 Å². The summed E-state index contributed by atoms with van der Waals surface area (Å²) in [4.78, 5) is 3.72. The van der Waals surface area contributed by atoms with Gasteiger partial charge in [-0.2, -0.15) is 0 Å². The zero-order valence-corrected chi connectivity index (χ0v) is 17.5. The first-order valence-electron chi connectivity index (χ1n) is 10.1. The summed E-state index contributed by atoms with van der Waals surface area (Å²) in [5.41, 5.74) is 7.76. The minimum absolute atomic E-state index is 0.0335. The second-order valence-corrected chi connectivity index (χ2v) is 8.87. The first-order chi connectivity index (χ1) is 13.3. The molecule has 1 nitrogen and oxygen atoms in total. The number of hydrogen-bond acceptors (Lipinski definition) is 0. The van der Waals surface area contributed by atoms with E-state index in [0.717, 1.165) is 0 Å². The molecule has 1 heteroatoms. The third-order valence-corrected chi connectivity index (χ3v) is 6.40. The predicted molar refractivity (Wildman–Crippen MR) is 120 cm³/mol. The van der Waals surface area contributed by atoms with E-state index in [4.69, 9.17) is 0 Å². The minimum atomic E-state index is -0.0700. The lowest BCUT2D eigenvalue weighted by atomic mass is 9.77. The summed E-state index contributed by atoms with van der Waals surface area (Å²) in [6.45, 7) is 11.5. The number of aromatic amines is 1. The van der Waals surface area contributed by atoms with Crippen molar-refractivity contribution < 1.29 is 0 Å². The molecule has 3 aromatic carbocycles. The van der Waals surface area contributed by atoms with Crippen molar-refractivity contribution in [2.24, 2.45) is 0 Å². The molecule has 0 aliphatic carbocycles. The zero-order chi connectivity index (χ0) is 19.9. The van der Waals surface area contributed by atoms with Crippen molar-refractivity contribution in [3.63, 3.8) is 0 Å². The summed E-state index contributed by atoms with van der Waals surface area (Å²) < 4.78 is 0. The Balaban J connectivity index is 1.83. The molecule has 4 rings (SSSR count). The van der Waals surface area contributed by atoms with Gasteiger partial charge in [0.2, 0.25) is 0 Å². The lowest BCUT2D eigenvalue weighted by Gasteiger charge is -2.26. The maximum Gasteiger partial charge on any atom is 0.0459 e. The molecule has 0 amide bonds. The highest BCUT2D eigenvalue weighted by Crippen LogP contribution is 2.38. The quantitative estimate of drug-likeness (QED) is 0.395. The fourth-order valence-corrected chi connectivity index (χ4v) is 4.36. The Kier molecular flexibility index (Phi) is 4.42. The van der Waals surface area contributed by atoms with Crippen LogP contribution in [0.2, 0.25) is 0 Å². The van der Waals surface area contributed by atoms with Gasteiger partial charge in [-0.25, -0.2) is 0 Å².